The fourth-order valence-corrected chi connectivity index (χ4v) is 3.32. The second kappa shape index (κ2) is 10.9. The van der Waals surface area contributed by atoms with Gasteiger partial charge < -0.3 is 5.32 Å². The van der Waals surface area contributed by atoms with Crippen LogP contribution in [-0.4, -0.2) is 16.8 Å². The third-order valence-corrected chi connectivity index (χ3v) is 5.07. The van der Waals surface area contributed by atoms with Gasteiger partial charge in [-0.05, 0) is 61.8 Å². The van der Waals surface area contributed by atoms with Gasteiger partial charge in [-0.15, -0.1) is 12.4 Å². The summed E-state index contributed by atoms with van der Waals surface area (Å²) in [5.41, 5.74) is 3.42. The van der Waals surface area contributed by atoms with E-state index >= 15 is 0 Å². The van der Waals surface area contributed by atoms with E-state index in [1.54, 1.807) is 6.92 Å². The maximum absolute atomic E-state index is 11.3. The molecule has 1 aromatic heterocycles. The van der Waals surface area contributed by atoms with Crippen LogP contribution >= 0.6 is 12.4 Å². The van der Waals surface area contributed by atoms with Gasteiger partial charge in [0.1, 0.15) is 0 Å². The third kappa shape index (κ3) is 6.43. The number of carbonyl (C=O) groups is 1. The van der Waals surface area contributed by atoms with E-state index in [2.05, 4.69) is 53.6 Å². The van der Waals surface area contributed by atoms with E-state index in [1.165, 1.54) is 41.2 Å². The number of aryl methyl sites for hydroxylation is 1. The smallest absolute Gasteiger partial charge is 0.159 e. The van der Waals surface area contributed by atoms with Crippen molar-refractivity contribution in [3.05, 3.63) is 77.6 Å². The molecule has 0 aliphatic carbocycles. The van der Waals surface area contributed by atoms with E-state index in [0.717, 1.165) is 18.5 Å². The van der Waals surface area contributed by atoms with Crippen molar-refractivity contribution in [3.8, 4) is 0 Å². The van der Waals surface area contributed by atoms with Crippen molar-refractivity contribution in [2.45, 2.75) is 52.1 Å². The number of hydrogen-bond donors (Lipinski definition) is 1. The van der Waals surface area contributed by atoms with Crippen LogP contribution in [0.15, 0.2) is 60.9 Å². The minimum Gasteiger partial charge on any atom is -0.310 e. The van der Waals surface area contributed by atoms with Crippen molar-refractivity contribution in [2.75, 3.05) is 0 Å². The van der Waals surface area contributed by atoms with Crippen LogP contribution in [0.2, 0.25) is 0 Å². The number of Topliss-reactive ketones (excluding diaryl/α,β-unsaturated/α-hetero) is 1. The van der Waals surface area contributed by atoms with E-state index in [1.807, 2.05) is 24.5 Å². The number of unbranched alkanes of at least 4 members (excludes halogenated alkanes) is 1. The van der Waals surface area contributed by atoms with Crippen LogP contribution in [0.1, 0.15) is 54.6 Å². The Morgan fingerprint density at radius 2 is 1.75 bits per heavy atom. The first-order valence-electron chi connectivity index (χ1n) is 9.78. The molecule has 0 saturated carbocycles. The highest BCUT2D eigenvalue weighted by molar-refractivity contribution is 5.94. The van der Waals surface area contributed by atoms with E-state index in [9.17, 15) is 4.79 Å². The zero-order valence-electron chi connectivity index (χ0n) is 16.7. The van der Waals surface area contributed by atoms with Crippen LogP contribution < -0.4 is 5.32 Å². The number of aromatic nitrogens is 1. The summed E-state index contributed by atoms with van der Waals surface area (Å²) in [6.07, 6.45) is 8.37. The molecule has 0 unspecified atom stereocenters. The van der Waals surface area contributed by atoms with Crippen LogP contribution in [0.25, 0.3) is 10.8 Å². The summed E-state index contributed by atoms with van der Waals surface area (Å²) in [5, 5.41) is 6.06. The Morgan fingerprint density at radius 3 is 2.50 bits per heavy atom. The standard InChI is InChI=1S/C24H28N2O.ClH/c1-18(5-3-4-6-20-7-10-22(11-8-20)19(2)27)26-16-21-9-12-24-17-25-14-13-23(24)15-21;/h7-15,17-18,26H,3-6,16H2,1-2H3;1H/t18-;/m1./s1. The van der Waals surface area contributed by atoms with Gasteiger partial charge in [0.05, 0.1) is 0 Å². The Labute approximate surface area is 174 Å². The fraction of sp³-hybridized carbons (Fsp3) is 0.333. The van der Waals surface area contributed by atoms with Crippen LogP contribution in [-0.2, 0) is 13.0 Å². The quantitative estimate of drug-likeness (QED) is 0.370. The molecule has 1 heterocycles. The fourth-order valence-electron chi connectivity index (χ4n) is 3.32. The second-order valence-electron chi connectivity index (χ2n) is 7.34. The first-order chi connectivity index (χ1) is 13.1. The van der Waals surface area contributed by atoms with E-state index in [4.69, 9.17) is 0 Å². The zero-order valence-corrected chi connectivity index (χ0v) is 17.5. The molecule has 2 aromatic carbocycles. The molecule has 148 valence electrons. The zero-order chi connectivity index (χ0) is 19.1. The molecular formula is C24H29ClN2O. The van der Waals surface area contributed by atoms with Crippen LogP contribution in [0, 0.1) is 0 Å². The summed E-state index contributed by atoms with van der Waals surface area (Å²) in [4.78, 5) is 15.5. The van der Waals surface area contributed by atoms with Gasteiger partial charge in [-0.2, -0.15) is 0 Å². The van der Waals surface area contributed by atoms with Gasteiger partial charge in [0.15, 0.2) is 5.78 Å². The lowest BCUT2D eigenvalue weighted by Crippen LogP contribution is -2.25. The topological polar surface area (TPSA) is 42.0 Å². The molecule has 1 atom stereocenters. The number of ketones is 1. The lowest BCUT2D eigenvalue weighted by atomic mass is 10.0. The number of halogens is 1. The summed E-state index contributed by atoms with van der Waals surface area (Å²) < 4.78 is 0. The molecule has 28 heavy (non-hydrogen) atoms. The van der Waals surface area contributed by atoms with Crippen molar-refractivity contribution in [3.63, 3.8) is 0 Å². The van der Waals surface area contributed by atoms with E-state index < -0.39 is 0 Å². The molecule has 0 spiro atoms. The summed E-state index contributed by atoms with van der Waals surface area (Å²) in [5.74, 6) is 0.129. The molecule has 0 amide bonds. The van der Waals surface area contributed by atoms with Crippen molar-refractivity contribution >= 4 is 29.0 Å². The molecule has 0 bridgehead atoms. The summed E-state index contributed by atoms with van der Waals surface area (Å²) in [7, 11) is 0. The van der Waals surface area contributed by atoms with E-state index in [-0.39, 0.29) is 18.2 Å². The SMILES string of the molecule is CC(=O)c1ccc(CCCC[C@@H](C)NCc2ccc3cnccc3c2)cc1.Cl. The van der Waals surface area contributed by atoms with Crippen molar-refractivity contribution < 1.29 is 4.79 Å². The van der Waals surface area contributed by atoms with Crippen LogP contribution in [0.5, 0.6) is 0 Å². The molecule has 0 aliphatic heterocycles. The molecule has 3 rings (SSSR count). The summed E-state index contributed by atoms with van der Waals surface area (Å²) >= 11 is 0. The van der Waals surface area contributed by atoms with Gasteiger partial charge in [0.25, 0.3) is 0 Å². The number of benzene rings is 2. The monoisotopic (exact) mass is 396 g/mol. The maximum atomic E-state index is 11.3. The number of hydrogen-bond acceptors (Lipinski definition) is 3. The number of nitrogens with one attached hydrogen (secondary N) is 1. The number of nitrogens with zero attached hydrogens (tertiary/aromatic N) is 1. The Balaban J connectivity index is 0.00000280. The van der Waals surface area contributed by atoms with Gasteiger partial charge in [-0.25, -0.2) is 0 Å². The Bertz CT molecular complexity index is 893. The van der Waals surface area contributed by atoms with E-state index in [0.29, 0.717) is 6.04 Å². The minimum absolute atomic E-state index is 0. The summed E-state index contributed by atoms with van der Waals surface area (Å²) in [6.45, 7) is 4.76. The highest BCUT2D eigenvalue weighted by atomic mass is 35.5. The van der Waals surface area contributed by atoms with Gasteiger partial charge >= 0.3 is 0 Å². The Kier molecular flexibility index (Phi) is 8.62. The first kappa shape index (κ1) is 22.1. The number of carbonyl (C=O) groups excluding carboxylic acids is 1. The Hall–Kier alpha value is -2.23. The average Bonchev–Trinajstić information content (AvgIpc) is 2.70. The molecule has 0 fully saturated rings. The largest absolute Gasteiger partial charge is 0.310 e. The van der Waals surface area contributed by atoms with Gasteiger partial charge in [0.2, 0.25) is 0 Å². The maximum Gasteiger partial charge on any atom is 0.159 e. The predicted octanol–water partition coefficient (Wildman–Crippen LogP) is 5.75. The minimum atomic E-state index is 0. The number of rotatable bonds is 9. The average molecular weight is 397 g/mol. The number of fused-ring (bicyclic) bond motifs is 1. The molecule has 0 radical (unpaired) electrons. The molecular weight excluding hydrogens is 368 g/mol. The first-order valence-corrected chi connectivity index (χ1v) is 9.78. The Morgan fingerprint density at radius 1 is 1.00 bits per heavy atom. The van der Waals surface area contributed by atoms with Gasteiger partial charge in [0, 0.05) is 35.9 Å². The molecule has 3 aromatic rings. The third-order valence-electron chi connectivity index (χ3n) is 5.07. The summed E-state index contributed by atoms with van der Waals surface area (Å²) in [6, 6.07) is 17.1. The predicted molar refractivity (Wildman–Crippen MR) is 119 cm³/mol. The lowest BCUT2D eigenvalue weighted by molar-refractivity contribution is 0.101. The molecule has 4 heteroatoms. The molecule has 3 nitrogen and oxygen atoms in total. The molecule has 1 N–H and O–H groups in total. The van der Waals surface area contributed by atoms with Gasteiger partial charge in [-0.3, -0.25) is 9.78 Å². The lowest BCUT2D eigenvalue weighted by Gasteiger charge is -2.14. The second-order valence-corrected chi connectivity index (χ2v) is 7.34. The number of pyridine rings is 1. The van der Waals surface area contributed by atoms with Crippen molar-refractivity contribution in [2.24, 2.45) is 0 Å². The van der Waals surface area contributed by atoms with Crippen LogP contribution in [0.3, 0.4) is 0 Å². The normalized spacial score (nSPS) is 11.8. The highest BCUT2D eigenvalue weighted by Gasteiger charge is 2.04. The molecule has 0 aliphatic rings. The van der Waals surface area contributed by atoms with Crippen molar-refractivity contribution in [1.29, 1.82) is 0 Å². The van der Waals surface area contributed by atoms with Crippen molar-refractivity contribution in [1.82, 2.24) is 10.3 Å². The molecule has 0 saturated heterocycles. The van der Waals surface area contributed by atoms with Gasteiger partial charge in [-0.1, -0.05) is 42.8 Å². The highest BCUT2D eigenvalue weighted by Crippen LogP contribution is 2.15. The van der Waals surface area contributed by atoms with Crippen LogP contribution in [0.4, 0.5) is 0 Å².